The number of hydrogen-bond donors (Lipinski definition) is 2. The number of thiophene rings is 1. The highest BCUT2D eigenvalue weighted by Gasteiger charge is 2.29. The molecule has 0 spiro atoms. The number of aryl methyl sites for hydroxylation is 3. The Morgan fingerprint density at radius 2 is 1.91 bits per heavy atom. The van der Waals surface area contributed by atoms with Crippen LogP contribution in [-0.2, 0) is 22.4 Å². The molecule has 1 aliphatic rings. The average Bonchev–Trinajstić information content (AvgIpc) is 3.52. The summed E-state index contributed by atoms with van der Waals surface area (Å²) in [4.78, 5) is 39.1. The van der Waals surface area contributed by atoms with E-state index in [4.69, 9.17) is 4.74 Å². The van der Waals surface area contributed by atoms with Crippen molar-refractivity contribution in [2.75, 3.05) is 17.2 Å². The van der Waals surface area contributed by atoms with E-state index < -0.39 is 11.2 Å². The zero-order valence-electron chi connectivity index (χ0n) is 19.9. The molecule has 2 amide bonds. The Bertz CT molecular complexity index is 1280. The molecule has 0 saturated heterocycles. The fraction of sp³-hybridized carbons (Fsp3) is 0.375. The lowest BCUT2D eigenvalue weighted by atomic mass is 10.1. The molecule has 3 aromatic rings. The molecule has 184 valence electrons. The fourth-order valence-electron chi connectivity index (χ4n) is 3.69. The molecule has 0 radical (unpaired) electrons. The Labute approximate surface area is 215 Å². The summed E-state index contributed by atoms with van der Waals surface area (Å²) in [6.45, 7) is 7.76. The van der Waals surface area contributed by atoms with Gasteiger partial charge in [-0.05, 0) is 75.8 Å². The van der Waals surface area contributed by atoms with Crippen LogP contribution in [0.2, 0.25) is 0 Å². The number of carbonyl (C=O) groups is 3. The number of fused-ring (bicyclic) bond motifs is 1. The maximum Gasteiger partial charge on any atom is 0.341 e. The minimum absolute atomic E-state index is 0.239. The lowest BCUT2D eigenvalue weighted by Gasteiger charge is -2.11. The van der Waals surface area contributed by atoms with Gasteiger partial charge in [0.1, 0.15) is 5.00 Å². The maximum absolute atomic E-state index is 12.9. The van der Waals surface area contributed by atoms with Crippen LogP contribution in [0.25, 0.3) is 0 Å². The highest BCUT2D eigenvalue weighted by atomic mass is 32.2. The van der Waals surface area contributed by atoms with Gasteiger partial charge < -0.3 is 10.1 Å². The summed E-state index contributed by atoms with van der Waals surface area (Å²) in [5.74, 6) is -0.893. The van der Waals surface area contributed by atoms with Crippen molar-refractivity contribution < 1.29 is 19.1 Å². The van der Waals surface area contributed by atoms with Gasteiger partial charge in [0, 0.05) is 10.4 Å². The number of rotatable bonds is 8. The van der Waals surface area contributed by atoms with E-state index in [1.54, 1.807) is 19.9 Å². The Balaban J connectivity index is 1.39. The van der Waals surface area contributed by atoms with Crippen LogP contribution in [0, 0.1) is 13.8 Å². The summed E-state index contributed by atoms with van der Waals surface area (Å²) in [5.41, 5.74) is 4.18. The molecule has 0 saturated carbocycles. The summed E-state index contributed by atoms with van der Waals surface area (Å²) in [6, 6.07) is 5.51. The van der Waals surface area contributed by atoms with Gasteiger partial charge >= 0.3 is 5.97 Å². The zero-order chi connectivity index (χ0) is 25.1. The van der Waals surface area contributed by atoms with E-state index in [9.17, 15) is 14.4 Å². The van der Waals surface area contributed by atoms with Crippen LogP contribution in [0.4, 0.5) is 10.1 Å². The predicted molar refractivity (Wildman–Crippen MR) is 140 cm³/mol. The predicted octanol–water partition coefficient (Wildman–Crippen LogP) is 5.25. The Kier molecular flexibility index (Phi) is 7.88. The van der Waals surface area contributed by atoms with Crippen LogP contribution in [-0.4, -0.2) is 39.8 Å². The molecular formula is C24H26N4O4S3. The zero-order valence-corrected chi connectivity index (χ0v) is 22.3. The van der Waals surface area contributed by atoms with Crippen LogP contribution in [0.3, 0.4) is 0 Å². The van der Waals surface area contributed by atoms with E-state index in [1.165, 1.54) is 34.4 Å². The first kappa shape index (κ1) is 25.3. The molecule has 0 fully saturated rings. The number of hydrogen-bond acceptors (Lipinski definition) is 9. The molecule has 8 nitrogen and oxygen atoms in total. The Morgan fingerprint density at radius 1 is 1.11 bits per heavy atom. The first-order valence-electron chi connectivity index (χ1n) is 11.3. The van der Waals surface area contributed by atoms with Gasteiger partial charge in [-0.15, -0.1) is 21.5 Å². The van der Waals surface area contributed by atoms with E-state index in [0.29, 0.717) is 25.6 Å². The molecule has 1 aromatic carbocycles. The summed E-state index contributed by atoms with van der Waals surface area (Å²) in [6.07, 6.45) is 2.74. The molecule has 0 bridgehead atoms. The van der Waals surface area contributed by atoms with Crippen molar-refractivity contribution in [2.24, 2.45) is 0 Å². The molecule has 1 atom stereocenters. The van der Waals surface area contributed by atoms with Crippen LogP contribution in [0.5, 0.6) is 0 Å². The van der Waals surface area contributed by atoms with Crippen LogP contribution in [0.15, 0.2) is 22.5 Å². The summed E-state index contributed by atoms with van der Waals surface area (Å²) < 4.78 is 5.79. The lowest BCUT2D eigenvalue weighted by Crippen LogP contribution is -2.23. The SMILES string of the molecule is CCOC(=O)c1c(NC(=O)C(C)Sc2nnc(NC(=O)c3ccc(C)c(C)c3)s2)sc2c1CCC2. The molecule has 11 heteroatoms. The molecule has 1 aliphatic carbocycles. The number of ether oxygens (including phenoxy) is 1. The topological polar surface area (TPSA) is 110 Å². The smallest absolute Gasteiger partial charge is 0.341 e. The van der Waals surface area contributed by atoms with E-state index in [-0.39, 0.29) is 18.4 Å². The van der Waals surface area contributed by atoms with E-state index in [1.807, 2.05) is 26.0 Å². The second-order valence-corrected chi connectivity index (χ2v) is 11.8. The van der Waals surface area contributed by atoms with Gasteiger partial charge in [0.2, 0.25) is 11.0 Å². The van der Waals surface area contributed by atoms with Gasteiger partial charge in [-0.3, -0.25) is 14.9 Å². The molecule has 2 heterocycles. The monoisotopic (exact) mass is 530 g/mol. The Hall–Kier alpha value is -2.76. The summed E-state index contributed by atoms with van der Waals surface area (Å²) in [7, 11) is 0. The highest BCUT2D eigenvalue weighted by Crippen LogP contribution is 2.40. The number of amides is 2. The second kappa shape index (κ2) is 10.9. The molecule has 1 unspecified atom stereocenters. The van der Waals surface area contributed by atoms with Gasteiger partial charge in [0.05, 0.1) is 17.4 Å². The first-order chi connectivity index (χ1) is 16.8. The van der Waals surface area contributed by atoms with Crippen LogP contribution in [0.1, 0.15) is 62.6 Å². The molecule has 2 N–H and O–H groups in total. The molecular weight excluding hydrogens is 504 g/mol. The van der Waals surface area contributed by atoms with E-state index >= 15 is 0 Å². The van der Waals surface area contributed by atoms with E-state index in [0.717, 1.165) is 40.8 Å². The standard InChI is InChI=1S/C24H26N4O4S3/c1-5-32-22(31)18-16-7-6-8-17(16)34-21(18)25-19(29)14(4)33-24-28-27-23(35-24)26-20(30)15-10-9-12(2)13(3)11-15/h9-11,14H,5-8H2,1-4H3,(H,25,29)(H,26,27,30). The van der Waals surface area contributed by atoms with Crippen molar-refractivity contribution in [3.8, 4) is 0 Å². The minimum atomic E-state index is -0.488. The molecule has 4 rings (SSSR count). The minimum Gasteiger partial charge on any atom is -0.462 e. The molecule has 2 aromatic heterocycles. The van der Waals surface area contributed by atoms with Crippen molar-refractivity contribution in [1.82, 2.24) is 10.2 Å². The number of aromatic nitrogens is 2. The highest BCUT2D eigenvalue weighted by molar-refractivity contribution is 8.02. The van der Waals surface area contributed by atoms with Gasteiger partial charge in [-0.1, -0.05) is 29.2 Å². The van der Waals surface area contributed by atoms with E-state index in [2.05, 4.69) is 20.8 Å². The molecule has 0 aliphatic heterocycles. The first-order valence-corrected chi connectivity index (χ1v) is 13.8. The number of nitrogens with one attached hydrogen (secondary N) is 2. The third kappa shape index (κ3) is 5.74. The normalized spacial score (nSPS) is 13.3. The second-order valence-electron chi connectivity index (χ2n) is 8.16. The summed E-state index contributed by atoms with van der Waals surface area (Å²) in [5, 5.41) is 14.2. The van der Waals surface area contributed by atoms with Gasteiger partial charge in [0.25, 0.3) is 5.91 Å². The maximum atomic E-state index is 12.9. The quantitative estimate of drug-likeness (QED) is 0.232. The van der Waals surface area contributed by atoms with Gasteiger partial charge in [0.15, 0.2) is 4.34 Å². The van der Waals surface area contributed by atoms with Gasteiger partial charge in [-0.2, -0.15) is 0 Å². The summed E-state index contributed by atoms with van der Waals surface area (Å²) >= 11 is 3.90. The number of thioether (sulfide) groups is 1. The molecule has 35 heavy (non-hydrogen) atoms. The van der Waals surface area contributed by atoms with Crippen molar-refractivity contribution >= 4 is 62.4 Å². The van der Waals surface area contributed by atoms with Crippen LogP contribution < -0.4 is 10.6 Å². The van der Waals surface area contributed by atoms with Crippen molar-refractivity contribution in [3.05, 3.63) is 50.9 Å². The number of benzene rings is 1. The number of carbonyl (C=O) groups excluding carboxylic acids is 3. The third-order valence-electron chi connectivity index (χ3n) is 5.68. The lowest BCUT2D eigenvalue weighted by molar-refractivity contribution is -0.115. The van der Waals surface area contributed by atoms with Gasteiger partial charge in [-0.25, -0.2) is 4.79 Å². The van der Waals surface area contributed by atoms with Crippen molar-refractivity contribution in [1.29, 1.82) is 0 Å². The van der Waals surface area contributed by atoms with Crippen molar-refractivity contribution in [3.63, 3.8) is 0 Å². The number of esters is 1. The number of anilines is 2. The largest absolute Gasteiger partial charge is 0.462 e. The number of nitrogens with zero attached hydrogens (tertiary/aromatic N) is 2. The van der Waals surface area contributed by atoms with Crippen molar-refractivity contribution in [2.45, 2.75) is 56.5 Å². The average molecular weight is 531 g/mol. The fourth-order valence-corrected chi connectivity index (χ4v) is 6.86. The Morgan fingerprint density at radius 3 is 2.66 bits per heavy atom. The third-order valence-corrected chi connectivity index (χ3v) is 8.91. The van der Waals surface area contributed by atoms with Crippen LogP contribution >= 0.6 is 34.4 Å².